The topological polar surface area (TPSA) is 37.3 Å². The zero-order valence-electron chi connectivity index (χ0n) is 4.48. The van der Waals surface area contributed by atoms with E-state index in [1.807, 2.05) is 6.92 Å². The monoisotopic (exact) mass is 166 g/mol. The average Bonchev–Trinajstić information content (AvgIpc) is 1.61. The van der Waals surface area contributed by atoms with Crippen molar-refractivity contribution in [2.75, 3.05) is 0 Å². The Morgan fingerprint density at radius 2 is 2.29 bits per heavy atom. The molecule has 0 aromatic rings. The Balaban J connectivity index is 2.82. The predicted molar refractivity (Wildman–Crippen MR) is 29.8 cm³/mol. The van der Waals surface area contributed by atoms with Crippen LogP contribution in [0.1, 0.15) is 19.8 Å². The first-order valence-electron chi connectivity index (χ1n) is 2.49. The fraction of sp³-hybridized carbons (Fsp3) is 1.00. The average molecular weight is 166 g/mol. The van der Waals surface area contributed by atoms with Gasteiger partial charge in [-0.1, -0.05) is 0 Å². The van der Waals surface area contributed by atoms with Gasteiger partial charge in [0.15, 0.2) is 0 Å². The number of unbranched alkanes of at least 4 members (excludes halogenated alkanes) is 1. The molecule has 0 saturated heterocycles. The van der Waals surface area contributed by atoms with E-state index in [1.54, 1.807) is 0 Å². The molecule has 3 heteroatoms. The summed E-state index contributed by atoms with van der Waals surface area (Å²) in [7, 11) is 0. The molecule has 1 unspecified atom stereocenters. The Hall–Kier alpha value is 0.318. The first kappa shape index (κ1) is 7.32. The van der Waals surface area contributed by atoms with Gasteiger partial charge in [0.1, 0.15) is 0 Å². The van der Waals surface area contributed by atoms with Crippen molar-refractivity contribution in [3.8, 4) is 0 Å². The summed E-state index contributed by atoms with van der Waals surface area (Å²) >= 11 is -2.66. The van der Waals surface area contributed by atoms with Crippen molar-refractivity contribution in [2.45, 2.75) is 25.0 Å². The van der Waals surface area contributed by atoms with Crippen molar-refractivity contribution in [3.05, 3.63) is 0 Å². The summed E-state index contributed by atoms with van der Waals surface area (Å²) < 4.78 is 18.3. The third-order valence-corrected chi connectivity index (χ3v) is 2.38. The van der Waals surface area contributed by atoms with Gasteiger partial charge in [-0.25, -0.2) is 0 Å². The van der Waals surface area contributed by atoms with Crippen LogP contribution in [0.25, 0.3) is 0 Å². The molecule has 0 fully saturated rings. The van der Waals surface area contributed by atoms with E-state index in [4.69, 9.17) is 4.10 Å². The molecular weight excluding hydrogens is 155 g/mol. The molecule has 0 rings (SSSR count). The molecule has 44 valence electrons. The second-order valence-electron chi connectivity index (χ2n) is 1.50. The molecule has 0 aliphatic carbocycles. The Kier molecular flexibility index (Phi) is 4.68. The van der Waals surface area contributed by atoms with Gasteiger partial charge in [-0.15, -0.1) is 0 Å². The molecule has 0 bridgehead atoms. The fourth-order valence-corrected chi connectivity index (χ4v) is 1.70. The molecule has 1 N–H and O–H groups in total. The molecule has 0 aliphatic rings. The van der Waals surface area contributed by atoms with E-state index in [0.29, 0.717) is 5.21 Å². The van der Waals surface area contributed by atoms with Crippen molar-refractivity contribution >= 4 is 14.9 Å². The van der Waals surface area contributed by atoms with Crippen LogP contribution in [0.5, 0.6) is 0 Å². The van der Waals surface area contributed by atoms with E-state index in [0.717, 1.165) is 12.8 Å². The van der Waals surface area contributed by atoms with Gasteiger partial charge in [0.2, 0.25) is 0 Å². The molecule has 0 amide bonds. The fourth-order valence-electron chi connectivity index (χ4n) is 0.328. The van der Waals surface area contributed by atoms with Crippen molar-refractivity contribution in [1.82, 2.24) is 0 Å². The molecule has 1 atom stereocenters. The van der Waals surface area contributed by atoms with Crippen LogP contribution in [-0.2, 0) is 3.74 Å². The molecular formula is C4H11AsO2. The second-order valence-corrected chi connectivity index (χ2v) is 4.20. The van der Waals surface area contributed by atoms with Crippen LogP contribution in [-0.4, -0.2) is 19.0 Å². The van der Waals surface area contributed by atoms with Crippen molar-refractivity contribution in [1.29, 1.82) is 0 Å². The summed E-state index contributed by atoms with van der Waals surface area (Å²) in [4.78, 5) is 0. The van der Waals surface area contributed by atoms with Crippen LogP contribution in [0.15, 0.2) is 0 Å². The van der Waals surface area contributed by atoms with E-state index in [9.17, 15) is 3.74 Å². The SMILES string of the molecule is CCCC[AsH](=O)O. The molecule has 7 heavy (non-hydrogen) atoms. The van der Waals surface area contributed by atoms with E-state index < -0.39 is 14.9 Å². The summed E-state index contributed by atoms with van der Waals surface area (Å²) in [6.07, 6.45) is 1.94. The summed E-state index contributed by atoms with van der Waals surface area (Å²) in [5.74, 6) is 0. The molecule has 0 radical (unpaired) electrons. The Labute approximate surface area is 48.4 Å². The van der Waals surface area contributed by atoms with E-state index in [2.05, 4.69) is 0 Å². The maximum absolute atomic E-state index is 10.0. The third-order valence-electron chi connectivity index (χ3n) is 0.744. The van der Waals surface area contributed by atoms with Crippen molar-refractivity contribution in [2.24, 2.45) is 0 Å². The molecule has 0 aromatic carbocycles. The quantitative estimate of drug-likeness (QED) is 0.617. The van der Waals surface area contributed by atoms with Gasteiger partial charge in [-0.05, 0) is 0 Å². The molecule has 0 spiro atoms. The van der Waals surface area contributed by atoms with Gasteiger partial charge in [0, 0.05) is 0 Å². The summed E-state index contributed by atoms with van der Waals surface area (Å²) in [6.45, 7) is 2.02. The number of hydrogen-bond acceptors (Lipinski definition) is 1. The van der Waals surface area contributed by atoms with E-state index >= 15 is 0 Å². The van der Waals surface area contributed by atoms with Gasteiger partial charge in [-0.2, -0.15) is 0 Å². The molecule has 0 aliphatic heterocycles. The van der Waals surface area contributed by atoms with E-state index in [1.165, 1.54) is 0 Å². The van der Waals surface area contributed by atoms with Crippen LogP contribution in [0.4, 0.5) is 0 Å². The Morgan fingerprint density at radius 1 is 1.71 bits per heavy atom. The summed E-state index contributed by atoms with van der Waals surface area (Å²) in [6, 6.07) is 0. The zero-order valence-corrected chi connectivity index (χ0v) is 6.57. The van der Waals surface area contributed by atoms with Crippen molar-refractivity contribution < 1.29 is 7.84 Å². The van der Waals surface area contributed by atoms with Crippen LogP contribution in [0, 0.1) is 0 Å². The zero-order chi connectivity index (χ0) is 5.70. The van der Waals surface area contributed by atoms with Gasteiger partial charge < -0.3 is 0 Å². The van der Waals surface area contributed by atoms with Gasteiger partial charge >= 0.3 is 47.7 Å². The Bertz CT molecular complexity index is 62.7. The third kappa shape index (κ3) is 6.32. The summed E-state index contributed by atoms with van der Waals surface area (Å²) in [5.41, 5.74) is 0. The summed E-state index contributed by atoms with van der Waals surface area (Å²) in [5, 5.41) is 0.566. The first-order chi connectivity index (χ1) is 3.27. The predicted octanol–water partition coefficient (Wildman–Crippen LogP) is 0.430. The second kappa shape index (κ2) is 4.48. The van der Waals surface area contributed by atoms with Crippen LogP contribution >= 0.6 is 0 Å². The number of rotatable bonds is 3. The van der Waals surface area contributed by atoms with Gasteiger partial charge in [-0.3, -0.25) is 0 Å². The van der Waals surface area contributed by atoms with Gasteiger partial charge in [0.25, 0.3) is 0 Å². The standard InChI is InChI=1S/C4H11AsO2/c1-2-3-4-5(6)7/h5H,2-4H2,1H3,(H,6,7). The van der Waals surface area contributed by atoms with Gasteiger partial charge in [0.05, 0.1) is 0 Å². The maximum atomic E-state index is 10.0. The van der Waals surface area contributed by atoms with Crippen molar-refractivity contribution in [3.63, 3.8) is 0 Å². The molecule has 0 saturated carbocycles. The van der Waals surface area contributed by atoms with Crippen LogP contribution < -0.4 is 0 Å². The number of hydrogen-bond donors (Lipinski definition) is 1. The molecule has 0 aromatic heterocycles. The minimum absolute atomic E-state index is 0.566. The normalized spacial score (nSPS) is 14.0. The minimum atomic E-state index is -2.66. The molecule has 2 nitrogen and oxygen atoms in total. The van der Waals surface area contributed by atoms with Crippen LogP contribution in [0.3, 0.4) is 0 Å². The molecule has 0 heterocycles. The van der Waals surface area contributed by atoms with Crippen LogP contribution in [0.2, 0.25) is 5.21 Å². The first-order valence-corrected chi connectivity index (χ1v) is 5.77. The Morgan fingerprint density at radius 3 is 2.43 bits per heavy atom. The van der Waals surface area contributed by atoms with E-state index in [-0.39, 0.29) is 0 Å².